The van der Waals surface area contributed by atoms with Gasteiger partial charge in [0.1, 0.15) is 17.9 Å². The van der Waals surface area contributed by atoms with Crippen molar-refractivity contribution in [2.24, 2.45) is 5.92 Å². The summed E-state index contributed by atoms with van der Waals surface area (Å²) in [6.45, 7) is 8.12. The first kappa shape index (κ1) is 44.9. The number of hydrogen-bond acceptors (Lipinski definition) is 5. The standard InChI is InChI=1S/C24H46O2.2C6H12O2/c1-3-19-23(25)21-17-15-13-11-9-7-5-6-8-10-12-14-16-18-22-24(26)20-4-2;1-3-4-5(2)6(7)8;7-5-3-1-2-4-6-8/h3-22H2,1-2H3;5H,3-4H2,1-2H3,(H,7,8);5,8H,1-4,6H2/t;5-;/m.0./s1. The molecule has 0 spiro atoms. The normalized spacial score (nSPS) is 11.1. The van der Waals surface area contributed by atoms with Gasteiger partial charge in [0.2, 0.25) is 0 Å². The fourth-order valence-electron chi connectivity index (χ4n) is 4.65. The minimum atomic E-state index is -0.688. The molecule has 0 amide bonds. The number of aliphatic hydroxyl groups is 1. The Morgan fingerprint density at radius 3 is 1.17 bits per heavy atom. The smallest absolute Gasteiger partial charge is 0.306 e. The number of carbonyl (C=O) groups is 4. The van der Waals surface area contributed by atoms with E-state index in [-0.39, 0.29) is 12.5 Å². The van der Waals surface area contributed by atoms with E-state index < -0.39 is 5.97 Å². The van der Waals surface area contributed by atoms with Gasteiger partial charge in [-0.2, -0.15) is 0 Å². The van der Waals surface area contributed by atoms with E-state index in [1.54, 1.807) is 6.92 Å². The molecule has 0 radical (unpaired) electrons. The quantitative estimate of drug-likeness (QED) is 0.0655. The first-order valence-corrected chi connectivity index (χ1v) is 17.6. The molecule has 0 bridgehead atoms. The lowest BCUT2D eigenvalue weighted by Crippen LogP contribution is -2.08. The van der Waals surface area contributed by atoms with Gasteiger partial charge < -0.3 is 15.0 Å². The van der Waals surface area contributed by atoms with Crippen molar-refractivity contribution < 1.29 is 29.4 Å². The summed E-state index contributed by atoms with van der Waals surface area (Å²) >= 11 is 0. The number of aliphatic carboxylic acids is 1. The molecule has 0 rings (SSSR count). The first-order chi connectivity index (χ1) is 20.3. The van der Waals surface area contributed by atoms with E-state index in [4.69, 9.17) is 10.2 Å². The van der Waals surface area contributed by atoms with Crippen LogP contribution in [0.3, 0.4) is 0 Å². The summed E-state index contributed by atoms with van der Waals surface area (Å²) in [6.07, 6.45) is 29.4. The third-order valence-electron chi connectivity index (χ3n) is 7.34. The molecule has 0 aliphatic carbocycles. The minimum absolute atomic E-state index is 0.167. The van der Waals surface area contributed by atoms with E-state index in [1.807, 2.05) is 6.92 Å². The summed E-state index contributed by atoms with van der Waals surface area (Å²) in [5.74, 6) is 0.0572. The van der Waals surface area contributed by atoms with E-state index in [0.717, 1.165) is 89.8 Å². The van der Waals surface area contributed by atoms with Crippen LogP contribution in [0.1, 0.15) is 195 Å². The van der Waals surface area contributed by atoms with Crippen LogP contribution in [-0.2, 0) is 19.2 Å². The zero-order chi connectivity index (χ0) is 32.1. The van der Waals surface area contributed by atoms with E-state index in [9.17, 15) is 19.2 Å². The molecule has 0 aliphatic heterocycles. The minimum Gasteiger partial charge on any atom is -0.481 e. The zero-order valence-electron chi connectivity index (χ0n) is 28.3. The number of aliphatic hydroxyl groups excluding tert-OH is 1. The Bertz CT molecular complexity index is 557. The number of carbonyl (C=O) groups excluding carboxylic acids is 3. The van der Waals surface area contributed by atoms with Gasteiger partial charge >= 0.3 is 5.97 Å². The van der Waals surface area contributed by atoms with Gasteiger partial charge in [-0.05, 0) is 44.9 Å². The zero-order valence-corrected chi connectivity index (χ0v) is 28.3. The third kappa shape index (κ3) is 42.9. The van der Waals surface area contributed by atoms with Gasteiger partial charge in [-0.3, -0.25) is 14.4 Å². The Hall–Kier alpha value is -1.56. The Balaban J connectivity index is -0.000000770. The lowest BCUT2D eigenvalue weighted by Gasteiger charge is -2.04. The highest BCUT2D eigenvalue weighted by atomic mass is 16.4. The average molecular weight is 599 g/mol. The maximum Gasteiger partial charge on any atom is 0.306 e. The summed E-state index contributed by atoms with van der Waals surface area (Å²) in [6, 6.07) is 0. The van der Waals surface area contributed by atoms with Gasteiger partial charge in [-0.1, -0.05) is 118 Å². The summed E-state index contributed by atoms with van der Waals surface area (Å²) in [7, 11) is 0. The van der Waals surface area contributed by atoms with Crippen molar-refractivity contribution in [2.75, 3.05) is 6.61 Å². The second-order valence-corrected chi connectivity index (χ2v) is 11.8. The van der Waals surface area contributed by atoms with Gasteiger partial charge in [-0.15, -0.1) is 0 Å². The number of hydrogen-bond donors (Lipinski definition) is 2. The lowest BCUT2D eigenvalue weighted by molar-refractivity contribution is -0.141. The van der Waals surface area contributed by atoms with Crippen LogP contribution in [0.2, 0.25) is 0 Å². The molecule has 6 heteroatoms. The molecule has 0 saturated carbocycles. The predicted molar refractivity (Wildman–Crippen MR) is 177 cm³/mol. The van der Waals surface area contributed by atoms with Gasteiger partial charge in [0.05, 0.1) is 5.92 Å². The molecule has 1 atom stereocenters. The van der Waals surface area contributed by atoms with Crippen molar-refractivity contribution in [3.63, 3.8) is 0 Å². The van der Waals surface area contributed by atoms with Crippen molar-refractivity contribution in [3.05, 3.63) is 0 Å². The van der Waals surface area contributed by atoms with E-state index >= 15 is 0 Å². The number of aldehydes is 1. The fraction of sp³-hybridized carbons (Fsp3) is 0.889. The van der Waals surface area contributed by atoms with Crippen LogP contribution in [0.15, 0.2) is 0 Å². The van der Waals surface area contributed by atoms with Crippen molar-refractivity contribution in [1.29, 1.82) is 0 Å². The predicted octanol–water partition coefficient (Wildman–Crippen LogP) is 10.2. The fourth-order valence-corrected chi connectivity index (χ4v) is 4.65. The maximum absolute atomic E-state index is 11.4. The summed E-state index contributed by atoms with van der Waals surface area (Å²) in [5, 5.41) is 16.6. The van der Waals surface area contributed by atoms with Gasteiger partial charge in [0.15, 0.2) is 0 Å². The number of carboxylic acid groups (broad SMARTS) is 1. The highest BCUT2D eigenvalue weighted by Gasteiger charge is 2.07. The van der Waals surface area contributed by atoms with Gasteiger partial charge in [0, 0.05) is 38.7 Å². The van der Waals surface area contributed by atoms with Gasteiger partial charge in [-0.25, -0.2) is 0 Å². The van der Waals surface area contributed by atoms with Crippen LogP contribution in [0.25, 0.3) is 0 Å². The average Bonchev–Trinajstić information content (AvgIpc) is 2.96. The summed E-state index contributed by atoms with van der Waals surface area (Å²) in [5.41, 5.74) is 0. The van der Waals surface area contributed by atoms with Crippen LogP contribution in [0, 0.1) is 5.92 Å². The van der Waals surface area contributed by atoms with E-state index in [0.29, 0.717) is 18.0 Å². The molecule has 0 heterocycles. The summed E-state index contributed by atoms with van der Waals surface area (Å²) in [4.78, 5) is 42.6. The topological polar surface area (TPSA) is 109 Å². The van der Waals surface area contributed by atoms with Gasteiger partial charge in [0.25, 0.3) is 0 Å². The lowest BCUT2D eigenvalue weighted by atomic mass is 10.0. The van der Waals surface area contributed by atoms with Crippen molar-refractivity contribution in [3.8, 4) is 0 Å². The van der Waals surface area contributed by atoms with E-state index in [2.05, 4.69) is 13.8 Å². The molecule has 0 fully saturated rings. The highest BCUT2D eigenvalue weighted by molar-refractivity contribution is 5.78. The third-order valence-corrected chi connectivity index (χ3v) is 7.34. The van der Waals surface area contributed by atoms with Crippen molar-refractivity contribution in [1.82, 2.24) is 0 Å². The van der Waals surface area contributed by atoms with Crippen LogP contribution >= 0.6 is 0 Å². The maximum atomic E-state index is 11.4. The number of Topliss-reactive ketones (excluding diaryl/α,β-unsaturated/α-hetero) is 2. The molecule has 0 aliphatic rings. The van der Waals surface area contributed by atoms with Crippen molar-refractivity contribution in [2.45, 2.75) is 195 Å². The number of ketones is 2. The Kier molecular flexibility index (Phi) is 42.1. The first-order valence-electron chi connectivity index (χ1n) is 17.6. The Morgan fingerprint density at radius 2 is 0.905 bits per heavy atom. The largest absolute Gasteiger partial charge is 0.481 e. The molecular formula is C36H70O6. The molecular weight excluding hydrogens is 528 g/mol. The highest BCUT2D eigenvalue weighted by Crippen LogP contribution is 2.14. The Morgan fingerprint density at radius 1 is 0.548 bits per heavy atom. The van der Waals surface area contributed by atoms with Crippen LogP contribution < -0.4 is 0 Å². The van der Waals surface area contributed by atoms with Crippen LogP contribution in [0.5, 0.6) is 0 Å². The molecule has 2 N–H and O–H groups in total. The summed E-state index contributed by atoms with van der Waals surface area (Å²) < 4.78 is 0. The molecule has 0 aromatic carbocycles. The molecule has 42 heavy (non-hydrogen) atoms. The molecule has 0 aromatic rings. The van der Waals surface area contributed by atoms with Crippen molar-refractivity contribution >= 4 is 23.8 Å². The van der Waals surface area contributed by atoms with Crippen LogP contribution in [0.4, 0.5) is 0 Å². The molecule has 0 saturated heterocycles. The monoisotopic (exact) mass is 599 g/mol. The number of carboxylic acids is 1. The van der Waals surface area contributed by atoms with Crippen LogP contribution in [-0.4, -0.2) is 40.6 Å². The Labute approximate surface area is 260 Å². The molecule has 0 unspecified atom stereocenters. The van der Waals surface area contributed by atoms with E-state index in [1.165, 1.54) is 77.0 Å². The molecule has 0 aromatic heterocycles. The number of rotatable bonds is 29. The number of unbranched alkanes of at least 4 members (excludes halogenated alkanes) is 16. The second-order valence-electron chi connectivity index (χ2n) is 11.8. The molecule has 250 valence electrons. The second kappa shape index (κ2) is 39.4. The SMILES string of the molecule is CCCC(=O)CCCCCCCCCCCCCCCCC(=O)CCC.CCC[C@H](C)C(=O)O.O=CCCCCCO. The molecule has 6 nitrogen and oxygen atoms in total.